The van der Waals surface area contributed by atoms with E-state index in [2.05, 4.69) is 33.3 Å². The second kappa shape index (κ2) is 3.89. The number of aromatic nitrogens is 3. The molecule has 1 atom stereocenters. The Morgan fingerprint density at radius 1 is 1.26 bits per heavy atom. The summed E-state index contributed by atoms with van der Waals surface area (Å²) < 4.78 is 5.26. The molecule has 0 aliphatic heterocycles. The largest absolute Gasteiger partial charge is 0.375 e. The number of fused-ring (bicyclic) bond motifs is 1. The molecule has 0 fully saturated rings. The van der Waals surface area contributed by atoms with Crippen LogP contribution in [-0.2, 0) is 6.42 Å². The predicted octanol–water partition coefficient (Wildman–Crippen LogP) is 2.46. The third-order valence-corrected chi connectivity index (χ3v) is 4.02. The molecule has 3 aromatic rings. The number of hydrogen-bond donors (Lipinski definition) is 1. The summed E-state index contributed by atoms with van der Waals surface area (Å²) in [5, 5.41) is 6.38. The fourth-order valence-corrected chi connectivity index (χ4v) is 2.89. The molecule has 19 heavy (non-hydrogen) atoms. The number of hydrogen-bond acceptors (Lipinski definition) is 6. The van der Waals surface area contributed by atoms with Crippen LogP contribution >= 0.6 is 11.3 Å². The summed E-state index contributed by atoms with van der Waals surface area (Å²) in [6.45, 7) is 0. The van der Waals surface area contributed by atoms with Gasteiger partial charge in [0.25, 0.3) is 5.89 Å². The molecule has 0 amide bonds. The molecule has 0 bridgehead atoms. The average molecular weight is 270 g/mol. The van der Waals surface area contributed by atoms with Gasteiger partial charge in [0.15, 0.2) is 11.0 Å². The molecule has 94 valence electrons. The van der Waals surface area contributed by atoms with E-state index in [1.807, 2.05) is 11.4 Å². The Morgan fingerprint density at radius 3 is 2.95 bits per heavy atom. The second-order valence-electron chi connectivity index (χ2n) is 4.48. The molecular formula is C13H10N4OS. The van der Waals surface area contributed by atoms with Crippen molar-refractivity contribution in [2.24, 2.45) is 0 Å². The topological polar surface area (TPSA) is 77.8 Å². The lowest BCUT2D eigenvalue weighted by Crippen LogP contribution is -2.19. The van der Waals surface area contributed by atoms with Gasteiger partial charge in [-0.05, 0) is 17.5 Å². The van der Waals surface area contributed by atoms with Crippen molar-refractivity contribution in [2.75, 3.05) is 5.73 Å². The number of rotatable bonds is 2. The Kier molecular flexibility index (Phi) is 2.19. The molecule has 1 unspecified atom stereocenters. The number of nitrogens with zero attached hydrogens (tertiary/aromatic N) is 3. The minimum atomic E-state index is 0.240. The monoisotopic (exact) mass is 270 g/mol. The standard InChI is InChI=1S/C13H10N4OS/c14-13-15-10(6-19-13)12-16-11(17-18-12)9-5-7-3-1-2-4-8(7)9/h1-4,6,9H,5H2,(H2,14,15). The van der Waals surface area contributed by atoms with Crippen LogP contribution in [0.1, 0.15) is 22.9 Å². The molecule has 0 saturated carbocycles. The van der Waals surface area contributed by atoms with E-state index in [0.717, 1.165) is 12.2 Å². The van der Waals surface area contributed by atoms with Crippen LogP contribution in [0.25, 0.3) is 11.6 Å². The van der Waals surface area contributed by atoms with Crippen molar-refractivity contribution in [3.63, 3.8) is 0 Å². The van der Waals surface area contributed by atoms with Crippen molar-refractivity contribution in [3.05, 3.63) is 46.6 Å². The minimum Gasteiger partial charge on any atom is -0.375 e. The predicted molar refractivity (Wildman–Crippen MR) is 71.8 cm³/mol. The van der Waals surface area contributed by atoms with E-state index >= 15 is 0 Å². The zero-order valence-electron chi connectivity index (χ0n) is 9.91. The van der Waals surface area contributed by atoms with Crippen LogP contribution in [0.5, 0.6) is 0 Å². The molecule has 5 nitrogen and oxygen atoms in total. The molecule has 4 rings (SSSR count). The van der Waals surface area contributed by atoms with E-state index in [1.165, 1.54) is 22.5 Å². The van der Waals surface area contributed by atoms with Crippen LogP contribution in [0, 0.1) is 0 Å². The van der Waals surface area contributed by atoms with Crippen LogP contribution in [-0.4, -0.2) is 15.1 Å². The molecule has 0 radical (unpaired) electrons. The fraction of sp³-hybridized carbons (Fsp3) is 0.154. The van der Waals surface area contributed by atoms with E-state index in [-0.39, 0.29) is 5.92 Å². The molecule has 2 aromatic heterocycles. The molecule has 1 aliphatic carbocycles. The van der Waals surface area contributed by atoms with Gasteiger partial charge < -0.3 is 10.3 Å². The van der Waals surface area contributed by atoms with E-state index < -0.39 is 0 Å². The lowest BCUT2D eigenvalue weighted by atomic mass is 9.77. The van der Waals surface area contributed by atoms with Gasteiger partial charge in [-0.2, -0.15) is 4.98 Å². The molecule has 2 N–H and O–H groups in total. The molecule has 2 heterocycles. The summed E-state index contributed by atoms with van der Waals surface area (Å²) >= 11 is 1.36. The fourth-order valence-electron chi connectivity index (χ4n) is 2.36. The molecule has 0 spiro atoms. The highest BCUT2D eigenvalue weighted by atomic mass is 32.1. The number of benzene rings is 1. The van der Waals surface area contributed by atoms with Crippen LogP contribution in [0.3, 0.4) is 0 Å². The van der Waals surface area contributed by atoms with Crippen LogP contribution in [0.2, 0.25) is 0 Å². The maximum atomic E-state index is 5.60. The number of thiazole rings is 1. The van der Waals surface area contributed by atoms with Crippen molar-refractivity contribution in [2.45, 2.75) is 12.3 Å². The Bertz CT molecular complexity index is 748. The Morgan fingerprint density at radius 2 is 2.16 bits per heavy atom. The Labute approximate surface area is 113 Å². The normalized spacial score (nSPS) is 16.9. The van der Waals surface area contributed by atoms with Crippen molar-refractivity contribution in [3.8, 4) is 11.6 Å². The maximum Gasteiger partial charge on any atom is 0.277 e. The smallest absolute Gasteiger partial charge is 0.277 e. The lowest BCUT2D eigenvalue weighted by molar-refractivity contribution is 0.415. The van der Waals surface area contributed by atoms with E-state index in [9.17, 15) is 0 Å². The summed E-state index contributed by atoms with van der Waals surface area (Å²) in [5.41, 5.74) is 8.89. The first-order valence-electron chi connectivity index (χ1n) is 5.94. The van der Waals surface area contributed by atoms with Crippen molar-refractivity contribution < 1.29 is 4.52 Å². The highest BCUT2D eigenvalue weighted by Gasteiger charge is 2.31. The van der Waals surface area contributed by atoms with Gasteiger partial charge in [-0.25, -0.2) is 4.98 Å². The summed E-state index contributed by atoms with van der Waals surface area (Å²) in [6.07, 6.45) is 0.967. The van der Waals surface area contributed by atoms with Crippen LogP contribution in [0.4, 0.5) is 5.13 Å². The van der Waals surface area contributed by atoms with Gasteiger partial charge in [0.05, 0.1) is 5.92 Å². The van der Waals surface area contributed by atoms with Crippen molar-refractivity contribution >= 4 is 16.5 Å². The quantitative estimate of drug-likeness (QED) is 0.774. The summed E-state index contributed by atoms with van der Waals surface area (Å²) in [4.78, 5) is 8.57. The van der Waals surface area contributed by atoms with E-state index in [0.29, 0.717) is 16.7 Å². The van der Waals surface area contributed by atoms with Gasteiger partial charge in [0, 0.05) is 5.38 Å². The van der Waals surface area contributed by atoms with Gasteiger partial charge in [-0.15, -0.1) is 11.3 Å². The first kappa shape index (κ1) is 10.7. The Hall–Kier alpha value is -2.21. The van der Waals surface area contributed by atoms with Crippen molar-refractivity contribution in [1.82, 2.24) is 15.1 Å². The van der Waals surface area contributed by atoms with Gasteiger partial charge >= 0.3 is 0 Å². The zero-order valence-corrected chi connectivity index (χ0v) is 10.7. The van der Waals surface area contributed by atoms with E-state index in [1.54, 1.807) is 0 Å². The summed E-state index contributed by atoms with van der Waals surface area (Å²) in [7, 11) is 0. The zero-order chi connectivity index (χ0) is 12.8. The third kappa shape index (κ3) is 1.64. The van der Waals surface area contributed by atoms with Crippen LogP contribution in [0.15, 0.2) is 34.2 Å². The summed E-state index contributed by atoms with van der Waals surface area (Å²) in [6, 6.07) is 8.33. The third-order valence-electron chi connectivity index (χ3n) is 3.35. The first-order chi connectivity index (χ1) is 9.31. The maximum absolute atomic E-state index is 5.60. The van der Waals surface area contributed by atoms with Gasteiger partial charge in [0.2, 0.25) is 0 Å². The minimum absolute atomic E-state index is 0.240. The second-order valence-corrected chi connectivity index (χ2v) is 5.37. The highest BCUT2D eigenvalue weighted by Crippen LogP contribution is 2.39. The highest BCUT2D eigenvalue weighted by molar-refractivity contribution is 7.13. The van der Waals surface area contributed by atoms with Gasteiger partial charge in [0.1, 0.15) is 5.69 Å². The number of nitrogen functional groups attached to an aromatic ring is 1. The van der Waals surface area contributed by atoms with Gasteiger partial charge in [-0.3, -0.25) is 0 Å². The SMILES string of the molecule is Nc1nc(-c2nc(C3Cc4ccccc43)no2)cs1. The molecule has 6 heteroatoms. The first-order valence-corrected chi connectivity index (χ1v) is 6.82. The molecule has 1 aliphatic rings. The van der Waals surface area contributed by atoms with Gasteiger partial charge in [-0.1, -0.05) is 29.4 Å². The van der Waals surface area contributed by atoms with Crippen LogP contribution < -0.4 is 5.73 Å². The number of nitrogens with two attached hydrogens (primary N) is 1. The average Bonchev–Trinajstić information content (AvgIpc) is 3.00. The van der Waals surface area contributed by atoms with Crippen molar-refractivity contribution in [1.29, 1.82) is 0 Å². The lowest BCUT2D eigenvalue weighted by Gasteiger charge is -2.27. The molecule has 0 saturated heterocycles. The summed E-state index contributed by atoms with van der Waals surface area (Å²) in [5.74, 6) is 1.40. The van der Waals surface area contributed by atoms with E-state index in [4.69, 9.17) is 10.3 Å². The molecular weight excluding hydrogens is 260 g/mol. The Balaban J connectivity index is 1.67. The molecule has 1 aromatic carbocycles. The number of anilines is 1.